The van der Waals surface area contributed by atoms with Gasteiger partial charge in [-0.1, -0.05) is 22.0 Å². The van der Waals surface area contributed by atoms with E-state index >= 15 is 0 Å². The molecule has 5 heteroatoms. The zero-order valence-corrected chi connectivity index (χ0v) is 13.2. The van der Waals surface area contributed by atoms with Gasteiger partial charge < -0.3 is 9.47 Å². The van der Waals surface area contributed by atoms with Gasteiger partial charge in [-0.3, -0.25) is 4.79 Å². The first kappa shape index (κ1) is 15.5. The van der Waals surface area contributed by atoms with Crippen LogP contribution < -0.4 is 9.47 Å². The van der Waals surface area contributed by atoms with Crippen LogP contribution >= 0.6 is 15.9 Å². The van der Waals surface area contributed by atoms with Crippen LogP contribution in [0.3, 0.4) is 0 Å². The van der Waals surface area contributed by atoms with Gasteiger partial charge in [-0.15, -0.1) is 0 Å². The number of ketones is 1. The van der Waals surface area contributed by atoms with Gasteiger partial charge in [0.25, 0.3) is 0 Å². The molecule has 0 saturated carbocycles. The molecule has 0 aromatic heterocycles. The number of rotatable bonds is 5. The second-order valence-corrected chi connectivity index (χ2v) is 5.36. The lowest BCUT2D eigenvalue weighted by Gasteiger charge is -2.12. The summed E-state index contributed by atoms with van der Waals surface area (Å²) in [5.74, 6) is 0.507. The Morgan fingerprint density at radius 1 is 1.19 bits per heavy atom. The molecule has 2 rings (SSSR count). The predicted octanol–water partition coefficient (Wildman–Crippen LogP) is 4.38. The van der Waals surface area contributed by atoms with E-state index in [0.29, 0.717) is 27.1 Å². The maximum atomic E-state index is 13.7. The smallest absolute Gasteiger partial charge is 0.161 e. The quantitative estimate of drug-likeness (QED) is 0.749. The van der Waals surface area contributed by atoms with Crippen LogP contribution in [0.1, 0.15) is 22.8 Å². The second-order valence-electron chi connectivity index (χ2n) is 4.45. The molecule has 0 saturated heterocycles. The molecule has 0 aliphatic carbocycles. The SMILES string of the molecule is COc1cc(C(C)=O)ccc1OCc1ccc(Br)cc1F. The zero-order valence-electron chi connectivity index (χ0n) is 11.7. The van der Waals surface area contributed by atoms with Gasteiger partial charge in [0, 0.05) is 15.6 Å². The van der Waals surface area contributed by atoms with Crippen LogP contribution in [0.5, 0.6) is 11.5 Å². The van der Waals surface area contributed by atoms with Crippen molar-refractivity contribution in [2.45, 2.75) is 13.5 Å². The van der Waals surface area contributed by atoms with Crippen LogP contribution in [-0.4, -0.2) is 12.9 Å². The van der Waals surface area contributed by atoms with Crippen LogP contribution in [0.2, 0.25) is 0 Å². The summed E-state index contributed by atoms with van der Waals surface area (Å²) < 4.78 is 25.2. The Bertz CT molecular complexity index is 671. The average molecular weight is 353 g/mol. The lowest BCUT2D eigenvalue weighted by Crippen LogP contribution is -2.01. The van der Waals surface area contributed by atoms with E-state index in [1.807, 2.05) is 0 Å². The van der Waals surface area contributed by atoms with E-state index in [9.17, 15) is 9.18 Å². The van der Waals surface area contributed by atoms with E-state index < -0.39 is 0 Å². The Morgan fingerprint density at radius 3 is 2.57 bits per heavy atom. The third kappa shape index (κ3) is 3.82. The molecule has 0 N–H and O–H groups in total. The number of halogens is 2. The lowest BCUT2D eigenvalue weighted by atomic mass is 10.1. The molecule has 0 aliphatic heterocycles. The van der Waals surface area contributed by atoms with Crippen LogP contribution in [0, 0.1) is 5.82 Å². The summed E-state index contributed by atoms with van der Waals surface area (Å²) in [7, 11) is 1.49. The van der Waals surface area contributed by atoms with E-state index in [4.69, 9.17) is 9.47 Å². The van der Waals surface area contributed by atoms with Crippen molar-refractivity contribution in [1.29, 1.82) is 0 Å². The average Bonchev–Trinajstić information content (AvgIpc) is 2.46. The van der Waals surface area contributed by atoms with E-state index in [-0.39, 0.29) is 18.2 Å². The van der Waals surface area contributed by atoms with E-state index in [0.717, 1.165) is 0 Å². The summed E-state index contributed by atoms with van der Waals surface area (Å²) >= 11 is 3.20. The van der Waals surface area contributed by atoms with E-state index in [1.54, 1.807) is 30.3 Å². The van der Waals surface area contributed by atoms with Crippen molar-refractivity contribution < 1.29 is 18.7 Å². The number of hydrogen-bond donors (Lipinski definition) is 0. The summed E-state index contributed by atoms with van der Waals surface area (Å²) in [5, 5.41) is 0. The summed E-state index contributed by atoms with van der Waals surface area (Å²) in [6, 6.07) is 9.68. The first-order valence-electron chi connectivity index (χ1n) is 6.27. The third-order valence-corrected chi connectivity index (χ3v) is 3.46. The van der Waals surface area contributed by atoms with Gasteiger partial charge in [-0.25, -0.2) is 4.39 Å². The van der Waals surface area contributed by atoms with E-state index in [1.165, 1.54) is 20.1 Å². The lowest BCUT2D eigenvalue weighted by molar-refractivity contribution is 0.101. The molecule has 110 valence electrons. The predicted molar refractivity (Wildman–Crippen MR) is 81.4 cm³/mol. The number of carbonyl (C=O) groups excluding carboxylic acids is 1. The molecule has 0 heterocycles. The molecule has 0 bridgehead atoms. The molecule has 0 amide bonds. The van der Waals surface area contributed by atoms with Crippen LogP contribution in [-0.2, 0) is 6.61 Å². The highest BCUT2D eigenvalue weighted by atomic mass is 79.9. The molecule has 0 fully saturated rings. The minimum Gasteiger partial charge on any atom is -0.493 e. The normalized spacial score (nSPS) is 10.3. The van der Waals surface area contributed by atoms with Gasteiger partial charge in [-0.05, 0) is 37.3 Å². The van der Waals surface area contributed by atoms with Crippen molar-refractivity contribution in [2.24, 2.45) is 0 Å². The molecule has 2 aromatic rings. The van der Waals surface area contributed by atoms with Crippen molar-refractivity contribution in [1.82, 2.24) is 0 Å². The summed E-state index contributed by atoms with van der Waals surface area (Å²) in [4.78, 5) is 11.3. The monoisotopic (exact) mass is 352 g/mol. The highest BCUT2D eigenvalue weighted by Gasteiger charge is 2.10. The molecular formula is C16H14BrFO3. The van der Waals surface area contributed by atoms with Crippen molar-refractivity contribution >= 4 is 21.7 Å². The molecule has 0 spiro atoms. The highest BCUT2D eigenvalue weighted by Crippen LogP contribution is 2.29. The standard InChI is InChI=1S/C16H14BrFO3/c1-10(19)11-4-6-15(16(7-11)20-2)21-9-12-3-5-13(17)8-14(12)18/h3-8H,9H2,1-2H3. The minimum absolute atomic E-state index is 0.0567. The van der Waals surface area contributed by atoms with Crippen LogP contribution in [0.4, 0.5) is 4.39 Å². The van der Waals surface area contributed by atoms with Gasteiger partial charge >= 0.3 is 0 Å². The van der Waals surface area contributed by atoms with Gasteiger partial charge in [0.05, 0.1) is 7.11 Å². The fourth-order valence-corrected chi connectivity index (χ4v) is 2.13. The molecule has 0 unspecified atom stereocenters. The summed E-state index contributed by atoms with van der Waals surface area (Å²) in [5.41, 5.74) is 0.977. The van der Waals surface area contributed by atoms with Crippen molar-refractivity contribution in [3.8, 4) is 11.5 Å². The second kappa shape index (κ2) is 6.72. The number of benzene rings is 2. The maximum absolute atomic E-state index is 13.7. The Balaban J connectivity index is 2.17. The number of carbonyl (C=O) groups is 1. The molecule has 2 aromatic carbocycles. The fraction of sp³-hybridized carbons (Fsp3) is 0.188. The number of Topliss-reactive ketones (excluding diaryl/α,β-unsaturated/α-hetero) is 1. The Hall–Kier alpha value is -1.88. The van der Waals surface area contributed by atoms with Gasteiger partial charge in [-0.2, -0.15) is 0 Å². The van der Waals surface area contributed by atoms with Crippen molar-refractivity contribution in [3.05, 3.63) is 57.8 Å². The zero-order chi connectivity index (χ0) is 15.4. The molecule has 0 atom stereocenters. The van der Waals surface area contributed by atoms with Crippen molar-refractivity contribution in [3.63, 3.8) is 0 Å². The Labute approximate surface area is 130 Å². The first-order valence-corrected chi connectivity index (χ1v) is 7.06. The van der Waals surface area contributed by atoms with Crippen molar-refractivity contribution in [2.75, 3.05) is 7.11 Å². The largest absolute Gasteiger partial charge is 0.493 e. The summed E-state index contributed by atoms with van der Waals surface area (Å²) in [6.07, 6.45) is 0. The molecular weight excluding hydrogens is 339 g/mol. The maximum Gasteiger partial charge on any atom is 0.161 e. The molecule has 0 radical (unpaired) electrons. The molecule has 3 nitrogen and oxygen atoms in total. The third-order valence-electron chi connectivity index (χ3n) is 2.97. The Kier molecular flexibility index (Phi) is 4.96. The van der Waals surface area contributed by atoms with Gasteiger partial charge in [0.1, 0.15) is 12.4 Å². The van der Waals surface area contributed by atoms with Crippen LogP contribution in [0.15, 0.2) is 40.9 Å². The van der Waals surface area contributed by atoms with Crippen LogP contribution in [0.25, 0.3) is 0 Å². The molecule has 21 heavy (non-hydrogen) atoms. The Morgan fingerprint density at radius 2 is 1.95 bits per heavy atom. The van der Waals surface area contributed by atoms with Gasteiger partial charge in [0.15, 0.2) is 17.3 Å². The fourth-order valence-electron chi connectivity index (χ4n) is 1.80. The first-order chi connectivity index (χ1) is 10.0. The number of methoxy groups -OCH3 is 1. The molecule has 0 aliphatic rings. The number of hydrogen-bond acceptors (Lipinski definition) is 3. The highest BCUT2D eigenvalue weighted by molar-refractivity contribution is 9.10. The topological polar surface area (TPSA) is 35.5 Å². The minimum atomic E-state index is -0.344. The summed E-state index contributed by atoms with van der Waals surface area (Å²) in [6.45, 7) is 1.56. The van der Waals surface area contributed by atoms with Gasteiger partial charge in [0.2, 0.25) is 0 Å². The van der Waals surface area contributed by atoms with E-state index in [2.05, 4.69) is 15.9 Å². The number of ether oxygens (including phenoxy) is 2.